The lowest BCUT2D eigenvalue weighted by atomic mass is 10.1. The lowest BCUT2D eigenvalue weighted by molar-refractivity contribution is 0.0124. The Morgan fingerprint density at radius 3 is 2.75 bits per heavy atom. The predicted octanol–water partition coefficient (Wildman–Crippen LogP) is 2.37. The molecule has 5 heteroatoms. The number of likely N-dealkylation sites (tertiary alicyclic amines) is 1. The zero-order chi connectivity index (χ0) is 14.8. The molecule has 0 spiro atoms. The van der Waals surface area contributed by atoms with Crippen LogP contribution in [-0.2, 0) is 0 Å². The van der Waals surface area contributed by atoms with E-state index in [1.54, 1.807) is 11.0 Å². The minimum absolute atomic E-state index is 0.0853. The summed E-state index contributed by atoms with van der Waals surface area (Å²) in [5, 5.41) is 2.79. The van der Waals surface area contributed by atoms with Crippen molar-refractivity contribution >= 4 is 5.91 Å². The number of hydrogen-bond acceptors (Lipinski definition) is 2. The fourth-order valence-electron chi connectivity index (χ4n) is 2.49. The minimum Gasteiger partial charge on any atom is -0.351 e. The molecule has 0 aliphatic carbocycles. The van der Waals surface area contributed by atoms with Crippen LogP contribution in [0.25, 0.3) is 0 Å². The molecule has 3 nitrogen and oxygen atoms in total. The molecule has 110 valence electrons. The Kier molecular flexibility index (Phi) is 4.38. The van der Waals surface area contributed by atoms with Gasteiger partial charge in [-0.25, -0.2) is 8.78 Å². The molecule has 1 amide bonds. The van der Waals surface area contributed by atoms with Gasteiger partial charge in [0.2, 0.25) is 0 Å². The first kappa shape index (κ1) is 14.9. The molecule has 1 heterocycles. The van der Waals surface area contributed by atoms with Crippen molar-refractivity contribution in [2.24, 2.45) is 0 Å². The van der Waals surface area contributed by atoms with Crippen LogP contribution >= 0.6 is 0 Å². The van der Waals surface area contributed by atoms with E-state index in [2.05, 4.69) is 5.32 Å². The Morgan fingerprint density at radius 2 is 2.15 bits per heavy atom. The van der Waals surface area contributed by atoms with Crippen LogP contribution in [0.15, 0.2) is 18.2 Å². The minimum atomic E-state index is -2.57. The van der Waals surface area contributed by atoms with Gasteiger partial charge in [-0.1, -0.05) is 17.7 Å². The van der Waals surface area contributed by atoms with Gasteiger partial charge in [-0.05, 0) is 25.5 Å². The van der Waals surface area contributed by atoms with Crippen LogP contribution in [0.5, 0.6) is 0 Å². The van der Waals surface area contributed by atoms with Crippen LogP contribution in [0.4, 0.5) is 8.78 Å². The average Bonchev–Trinajstić information content (AvgIpc) is 2.68. The zero-order valence-corrected chi connectivity index (χ0v) is 11.9. The molecular weight excluding hydrogens is 262 g/mol. The average molecular weight is 282 g/mol. The lowest BCUT2D eigenvalue weighted by Gasteiger charge is -2.16. The molecule has 1 saturated heterocycles. The highest BCUT2D eigenvalue weighted by Gasteiger charge is 2.37. The molecule has 20 heavy (non-hydrogen) atoms. The molecule has 1 aromatic rings. The molecule has 1 aliphatic heterocycles. The largest absolute Gasteiger partial charge is 0.351 e. The molecular formula is C15H20F2N2O. The van der Waals surface area contributed by atoms with Gasteiger partial charge < -0.3 is 5.32 Å². The Balaban J connectivity index is 1.81. The maximum Gasteiger partial charge on any atom is 0.261 e. The van der Waals surface area contributed by atoms with Gasteiger partial charge in [-0.15, -0.1) is 0 Å². The van der Waals surface area contributed by atoms with Crippen LogP contribution in [-0.4, -0.2) is 42.9 Å². The van der Waals surface area contributed by atoms with Gasteiger partial charge in [0.05, 0.1) is 6.54 Å². The zero-order valence-electron chi connectivity index (χ0n) is 11.9. The number of carbonyl (C=O) groups excluding carboxylic acids is 1. The number of alkyl halides is 2. The summed E-state index contributed by atoms with van der Waals surface area (Å²) in [5.74, 6) is -2.72. The van der Waals surface area contributed by atoms with Crippen LogP contribution in [0, 0.1) is 13.8 Å². The molecule has 0 saturated carbocycles. The van der Waals surface area contributed by atoms with Crippen LogP contribution in [0.1, 0.15) is 27.9 Å². The summed E-state index contributed by atoms with van der Waals surface area (Å²) < 4.78 is 26.0. The first-order valence-electron chi connectivity index (χ1n) is 6.83. The Bertz CT molecular complexity index is 503. The van der Waals surface area contributed by atoms with E-state index < -0.39 is 5.92 Å². The molecule has 0 aromatic heterocycles. The van der Waals surface area contributed by atoms with E-state index in [1.165, 1.54) is 0 Å². The third-order valence-electron chi connectivity index (χ3n) is 3.59. The number of aryl methyl sites for hydroxylation is 2. The summed E-state index contributed by atoms with van der Waals surface area (Å²) in [6.45, 7) is 4.92. The summed E-state index contributed by atoms with van der Waals surface area (Å²) in [7, 11) is 0. The van der Waals surface area contributed by atoms with Gasteiger partial charge in [-0.3, -0.25) is 9.69 Å². The monoisotopic (exact) mass is 282 g/mol. The molecule has 2 rings (SSSR count). The molecule has 0 radical (unpaired) electrons. The van der Waals surface area contributed by atoms with Crippen molar-refractivity contribution < 1.29 is 13.6 Å². The normalized spacial score (nSPS) is 18.2. The Hall–Kier alpha value is -1.49. The van der Waals surface area contributed by atoms with Crippen LogP contribution < -0.4 is 5.32 Å². The van der Waals surface area contributed by atoms with E-state index in [1.807, 2.05) is 26.0 Å². The third-order valence-corrected chi connectivity index (χ3v) is 3.59. The smallest absolute Gasteiger partial charge is 0.261 e. The van der Waals surface area contributed by atoms with Crippen LogP contribution in [0.3, 0.4) is 0 Å². The van der Waals surface area contributed by atoms with E-state index in [9.17, 15) is 13.6 Å². The van der Waals surface area contributed by atoms with Crippen molar-refractivity contribution in [3.05, 3.63) is 34.9 Å². The lowest BCUT2D eigenvalue weighted by Crippen LogP contribution is -2.35. The second-order valence-corrected chi connectivity index (χ2v) is 5.46. The van der Waals surface area contributed by atoms with Crippen molar-refractivity contribution in [3.63, 3.8) is 0 Å². The third kappa shape index (κ3) is 3.76. The van der Waals surface area contributed by atoms with E-state index in [-0.39, 0.29) is 18.9 Å². The van der Waals surface area contributed by atoms with E-state index >= 15 is 0 Å². The van der Waals surface area contributed by atoms with Gasteiger partial charge in [-0.2, -0.15) is 0 Å². The first-order chi connectivity index (χ1) is 9.37. The Morgan fingerprint density at radius 1 is 1.40 bits per heavy atom. The maximum absolute atomic E-state index is 13.0. The molecule has 0 atom stereocenters. The number of halogens is 2. The molecule has 1 fully saturated rings. The number of hydrogen-bond donors (Lipinski definition) is 1. The summed E-state index contributed by atoms with van der Waals surface area (Å²) >= 11 is 0. The molecule has 1 aliphatic rings. The number of nitrogens with one attached hydrogen (secondary N) is 1. The van der Waals surface area contributed by atoms with Gasteiger partial charge in [0.25, 0.3) is 11.8 Å². The molecule has 0 bridgehead atoms. The number of nitrogens with zero attached hydrogens (tertiary/aromatic N) is 1. The summed E-state index contributed by atoms with van der Waals surface area (Å²) in [6.07, 6.45) is -0.0853. The first-order valence-corrected chi connectivity index (χ1v) is 6.83. The molecule has 1 N–H and O–H groups in total. The predicted molar refractivity (Wildman–Crippen MR) is 74.3 cm³/mol. The quantitative estimate of drug-likeness (QED) is 0.919. The van der Waals surface area contributed by atoms with E-state index in [0.29, 0.717) is 25.2 Å². The standard InChI is InChI=1S/C15H20F2N2O/c1-11-3-4-13(12(2)9-11)14(20)18-6-8-19-7-5-15(16,17)10-19/h3-4,9H,5-8,10H2,1-2H3,(H,18,20). The van der Waals surface area contributed by atoms with Crippen molar-refractivity contribution in [2.75, 3.05) is 26.2 Å². The highest BCUT2D eigenvalue weighted by Crippen LogP contribution is 2.26. The second kappa shape index (κ2) is 5.87. The number of amides is 1. The van der Waals surface area contributed by atoms with Gasteiger partial charge >= 0.3 is 0 Å². The summed E-state index contributed by atoms with van der Waals surface area (Å²) in [5.41, 5.74) is 2.68. The molecule has 0 unspecified atom stereocenters. The van der Waals surface area contributed by atoms with Gasteiger partial charge in [0.1, 0.15) is 0 Å². The fourth-order valence-corrected chi connectivity index (χ4v) is 2.49. The number of carbonyl (C=O) groups is 1. The number of rotatable bonds is 4. The van der Waals surface area contributed by atoms with Crippen LogP contribution in [0.2, 0.25) is 0 Å². The fraction of sp³-hybridized carbons (Fsp3) is 0.533. The Labute approximate surface area is 118 Å². The second-order valence-electron chi connectivity index (χ2n) is 5.46. The van der Waals surface area contributed by atoms with Crippen molar-refractivity contribution in [1.82, 2.24) is 10.2 Å². The van der Waals surface area contributed by atoms with E-state index in [4.69, 9.17) is 0 Å². The summed E-state index contributed by atoms with van der Waals surface area (Å²) in [6, 6.07) is 5.64. The number of benzene rings is 1. The maximum atomic E-state index is 13.0. The molecule has 1 aromatic carbocycles. The van der Waals surface area contributed by atoms with Crippen molar-refractivity contribution in [3.8, 4) is 0 Å². The topological polar surface area (TPSA) is 32.3 Å². The van der Waals surface area contributed by atoms with Gasteiger partial charge in [0, 0.05) is 31.6 Å². The summed E-state index contributed by atoms with van der Waals surface area (Å²) in [4.78, 5) is 13.7. The highest BCUT2D eigenvalue weighted by molar-refractivity contribution is 5.95. The SMILES string of the molecule is Cc1ccc(C(=O)NCCN2CCC(F)(F)C2)c(C)c1. The highest BCUT2D eigenvalue weighted by atomic mass is 19.3. The van der Waals surface area contributed by atoms with Crippen molar-refractivity contribution in [2.45, 2.75) is 26.2 Å². The van der Waals surface area contributed by atoms with Crippen molar-refractivity contribution in [1.29, 1.82) is 0 Å². The van der Waals surface area contributed by atoms with E-state index in [0.717, 1.165) is 11.1 Å². The van der Waals surface area contributed by atoms with Gasteiger partial charge in [0.15, 0.2) is 0 Å².